The lowest BCUT2D eigenvalue weighted by Crippen LogP contribution is -2.37. The number of nitrogens with one attached hydrogen (secondary N) is 2. The number of sulfonamides is 1. The van der Waals surface area contributed by atoms with Crippen LogP contribution in [0.1, 0.15) is 23.4 Å². The summed E-state index contributed by atoms with van der Waals surface area (Å²) in [7, 11) is -3.76. The molecule has 1 aromatic carbocycles. The van der Waals surface area contributed by atoms with E-state index in [2.05, 4.69) is 14.9 Å². The highest BCUT2D eigenvalue weighted by atomic mass is 32.2. The van der Waals surface area contributed by atoms with Crippen molar-refractivity contribution in [2.24, 2.45) is 0 Å². The van der Waals surface area contributed by atoms with Crippen LogP contribution >= 0.6 is 0 Å². The van der Waals surface area contributed by atoms with Gasteiger partial charge in [0.1, 0.15) is 10.7 Å². The zero-order valence-electron chi connectivity index (χ0n) is 13.9. The number of aryl methyl sites for hydroxylation is 2. The van der Waals surface area contributed by atoms with Gasteiger partial charge in [0, 0.05) is 25.6 Å². The summed E-state index contributed by atoms with van der Waals surface area (Å²) in [5.41, 5.74) is 1.63. The normalized spacial score (nSPS) is 18.1. The van der Waals surface area contributed by atoms with Gasteiger partial charge in [-0.2, -0.15) is 5.10 Å². The van der Waals surface area contributed by atoms with E-state index in [1.165, 1.54) is 12.1 Å². The average Bonchev–Trinajstić information content (AvgIpc) is 3.04. The molecule has 2 aromatic rings. The van der Waals surface area contributed by atoms with Gasteiger partial charge in [0.2, 0.25) is 15.9 Å². The molecule has 0 spiro atoms. The van der Waals surface area contributed by atoms with Crippen LogP contribution in [0.3, 0.4) is 0 Å². The van der Waals surface area contributed by atoms with Crippen molar-refractivity contribution in [1.82, 2.24) is 19.8 Å². The van der Waals surface area contributed by atoms with Gasteiger partial charge in [-0.05, 0) is 31.5 Å². The maximum Gasteiger partial charge on any atom is 0.244 e. The Labute approximate surface area is 145 Å². The molecule has 9 heteroatoms. The number of rotatable bonds is 5. The zero-order valence-corrected chi connectivity index (χ0v) is 14.7. The quantitative estimate of drug-likeness (QED) is 0.832. The van der Waals surface area contributed by atoms with Crippen LogP contribution in [-0.4, -0.2) is 42.0 Å². The predicted octanol–water partition coefficient (Wildman–Crippen LogP) is 1.25. The van der Waals surface area contributed by atoms with E-state index in [0.29, 0.717) is 17.9 Å². The number of likely N-dealkylation sites (tertiary alicyclic amines) is 1. The van der Waals surface area contributed by atoms with E-state index in [1.807, 2.05) is 0 Å². The second-order valence-corrected chi connectivity index (χ2v) is 7.84. The summed E-state index contributed by atoms with van der Waals surface area (Å²) in [4.78, 5) is 13.8. The molecule has 1 fully saturated rings. The zero-order chi connectivity index (χ0) is 18.2. The standard InChI is InChI=1S/C16H19FN4O3S/c1-10-16(11(2)19-18-10)25(23,24)20-14-7-15(22)21(9-14)8-12-3-5-13(17)6-4-12/h3-6,14,20H,7-9H2,1-2H3,(H,18,19). The molecule has 1 saturated heterocycles. The van der Waals surface area contributed by atoms with Crippen molar-refractivity contribution in [2.75, 3.05) is 6.54 Å². The molecule has 3 rings (SSSR count). The van der Waals surface area contributed by atoms with Crippen molar-refractivity contribution < 1.29 is 17.6 Å². The maximum absolute atomic E-state index is 13.0. The minimum atomic E-state index is -3.76. The van der Waals surface area contributed by atoms with Gasteiger partial charge in [0.05, 0.1) is 11.4 Å². The molecule has 1 aliphatic rings. The Bertz CT molecular complexity index is 873. The van der Waals surface area contributed by atoms with E-state index < -0.39 is 16.1 Å². The van der Waals surface area contributed by atoms with Crippen LogP contribution in [0.25, 0.3) is 0 Å². The fourth-order valence-corrected chi connectivity index (χ4v) is 4.63. The third-order valence-electron chi connectivity index (χ3n) is 4.15. The predicted molar refractivity (Wildman–Crippen MR) is 88.6 cm³/mol. The molecule has 1 unspecified atom stereocenters. The molecule has 1 atom stereocenters. The van der Waals surface area contributed by atoms with Gasteiger partial charge in [-0.1, -0.05) is 12.1 Å². The Morgan fingerprint density at radius 1 is 1.32 bits per heavy atom. The largest absolute Gasteiger partial charge is 0.337 e. The summed E-state index contributed by atoms with van der Waals surface area (Å²) in [6.07, 6.45) is 0.0936. The highest BCUT2D eigenvalue weighted by Gasteiger charge is 2.34. The van der Waals surface area contributed by atoms with Crippen LogP contribution in [0.2, 0.25) is 0 Å². The van der Waals surface area contributed by atoms with E-state index in [0.717, 1.165) is 5.56 Å². The smallest absolute Gasteiger partial charge is 0.244 e. The van der Waals surface area contributed by atoms with Crippen LogP contribution in [0.15, 0.2) is 29.2 Å². The van der Waals surface area contributed by atoms with Gasteiger partial charge in [-0.15, -0.1) is 0 Å². The maximum atomic E-state index is 13.0. The number of nitrogens with zero attached hydrogens (tertiary/aromatic N) is 2. The van der Waals surface area contributed by atoms with E-state index in [-0.39, 0.29) is 29.6 Å². The summed E-state index contributed by atoms with van der Waals surface area (Å²) in [6, 6.07) is 5.38. The summed E-state index contributed by atoms with van der Waals surface area (Å²) in [6.45, 7) is 3.83. The van der Waals surface area contributed by atoms with Crippen LogP contribution in [-0.2, 0) is 21.4 Å². The van der Waals surface area contributed by atoms with Crippen LogP contribution in [0.5, 0.6) is 0 Å². The number of aromatic amines is 1. The molecule has 2 N–H and O–H groups in total. The number of H-pyrrole nitrogens is 1. The SMILES string of the molecule is Cc1n[nH]c(C)c1S(=O)(=O)NC1CC(=O)N(Cc2ccc(F)cc2)C1. The lowest BCUT2D eigenvalue weighted by molar-refractivity contribution is -0.128. The molecule has 0 radical (unpaired) electrons. The molecule has 25 heavy (non-hydrogen) atoms. The topological polar surface area (TPSA) is 95.2 Å². The third kappa shape index (κ3) is 3.72. The van der Waals surface area contributed by atoms with E-state index in [4.69, 9.17) is 0 Å². The van der Waals surface area contributed by atoms with Crippen molar-refractivity contribution >= 4 is 15.9 Å². The number of aromatic nitrogens is 2. The third-order valence-corrected chi connectivity index (χ3v) is 5.93. The van der Waals surface area contributed by atoms with Crippen molar-refractivity contribution in [2.45, 2.75) is 37.8 Å². The number of hydrogen-bond donors (Lipinski definition) is 2. The molecule has 7 nitrogen and oxygen atoms in total. The first kappa shape index (κ1) is 17.6. The van der Waals surface area contributed by atoms with Crippen molar-refractivity contribution in [3.05, 3.63) is 47.0 Å². The van der Waals surface area contributed by atoms with Crippen LogP contribution < -0.4 is 4.72 Å². The Kier molecular flexibility index (Phi) is 4.61. The van der Waals surface area contributed by atoms with Crippen LogP contribution in [0, 0.1) is 19.7 Å². The molecule has 2 heterocycles. The second-order valence-electron chi connectivity index (χ2n) is 6.19. The van der Waals surface area contributed by atoms with Gasteiger partial charge < -0.3 is 4.90 Å². The molecule has 1 amide bonds. The summed E-state index contributed by atoms with van der Waals surface area (Å²) < 4.78 is 40.7. The van der Waals surface area contributed by atoms with Gasteiger partial charge in [0.15, 0.2) is 0 Å². The van der Waals surface area contributed by atoms with E-state index >= 15 is 0 Å². The Morgan fingerprint density at radius 2 is 2.00 bits per heavy atom. The highest BCUT2D eigenvalue weighted by Crippen LogP contribution is 2.20. The van der Waals surface area contributed by atoms with Crippen LogP contribution in [0.4, 0.5) is 4.39 Å². The fourth-order valence-electron chi connectivity index (χ4n) is 3.03. The number of halogens is 1. The van der Waals surface area contributed by atoms with Crippen molar-refractivity contribution in [1.29, 1.82) is 0 Å². The van der Waals surface area contributed by atoms with Crippen molar-refractivity contribution in [3.63, 3.8) is 0 Å². The Morgan fingerprint density at radius 3 is 2.60 bits per heavy atom. The van der Waals surface area contributed by atoms with E-state index in [9.17, 15) is 17.6 Å². The summed E-state index contributed by atoms with van der Waals surface area (Å²) in [5.74, 6) is -0.481. The van der Waals surface area contributed by atoms with Gasteiger partial charge in [0.25, 0.3) is 0 Å². The molecule has 0 bridgehead atoms. The number of carbonyl (C=O) groups is 1. The Balaban J connectivity index is 1.69. The second kappa shape index (κ2) is 6.57. The average molecular weight is 366 g/mol. The molecule has 1 aliphatic heterocycles. The lowest BCUT2D eigenvalue weighted by atomic mass is 10.2. The summed E-state index contributed by atoms with van der Waals surface area (Å²) >= 11 is 0. The molecule has 1 aromatic heterocycles. The van der Waals surface area contributed by atoms with E-state index in [1.54, 1.807) is 30.9 Å². The lowest BCUT2D eigenvalue weighted by Gasteiger charge is -2.17. The summed E-state index contributed by atoms with van der Waals surface area (Å²) in [5, 5.41) is 6.54. The van der Waals surface area contributed by atoms with Gasteiger partial charge in [-0.25, -0.2) is 17.5 Å². The first-order chi connectivity index (χ1) is 11.8. The number of carbonyl (C=O) groups excluding carboxylic acids is 1. The monoisotopic (exact) mass is 366 g/mol. The molecule has 0 aliphatic carbocycles. The fraction of sp³-hybridized carbons (Fsp3) is 0.375. The number of benzene rings is 1. The first-order valence-electron chi connectivity index (χ1n) is 7.82. The first-order valence-corrected chi connectivity index (χ1v) is 9.30. The number of amides is 1. The van der Waals surface area contributed by atoms with Gasteiger partial charge in [-0.3, -0.25) is 9.89 Å². The molecule has 134 valence electrons. The Hall–Kier alpha value is -2.26. The molecular weight excluding hydrogens is 347 g/mol. The minimum Gasteiger partial charge on any atom is -0.337 e. The molecule has 0 saturated carbocycles. The highest BCUT2D eigenvalue weighted by molar-refractivity contribution is 7.89. The number of hydrogen-bond acceptors (Lipinski definition) is 4. The molecular formula is C16H19FN4O3S. The van der Waals surface area contributed by atoms with Crippen molar-refractivity contribution in [3.8, 4) is 0 Å². The minimum absolute atomic E-state index is 0.0936. The van der Waals surface area contributed by atoms with Gasteiger partial charge >= 0.3 is 0 Å².